The van der Waals surface area contributed by atoms with E-state index in [0.29, 0.717) is 12.2 Å². The molecule has 20 heavy (non-hydrogen) atoms. The van der Waals surface area contributed by atoms with Gasteiger partial charge in [0.2, 0.25) is 0 Å². The Kier molecular flexibility index (Phi) is 10.5. The highest BCUT2D eigenvalue weighted by molar-refractivity contribution is 5.89. The van der Waals surface area contributed by atoms with Crippen molar-refractivity contribution in [2.45, 2.75) is 27.7 Å². The lowest BCUT2D eigenvalue weighted by molar-refractivity contribution is -0.138. The van der Waals surface area contributed by atoms with Gasteiger partial charge in [-0.3, -0.25) is 0 Å². The number of carboxylic acids is 1. The second-order valence-corrected chi connectivity index (χ2v) is 3.79. The molecule has 0 saturated carbocycles. The van der Waals surface area contributed by atoms with Gasteiger partial charge in [0, 0.05) is 11.1 Å². The van der Waals surface area contributed by atoms with Crippen molar-refractivity contribution in [3.8, 4) is 0 Å². The average Bonchev–Trinajstić information content (AvgIpc) is 2.35. The summed E-state index contributed by atoms with van der Waals surface area (Å²) in [6, 6.07) is 0. The summed E-state index contributed by atoms with van der Waals surface area (Å²) in [4.78, 5) is 31.3. The highest BCUT2D eigenvalue weighted by atomic mass is 16.5. The third kappa shape index (κ3) is 10.8. The van der Waals surface area contributed by atoms with Crippen molar-refractivity contribution in [2.24, 2.45) is 0 Å². The van der Waals surface area contributed by atoms with Crippen molar-refractivity contribution in [1.82, 2.24) is 0 Å². The number of hydrogen-bond acceptors (Lipinski definition) is 5. The summed E-state index contributed by atoms with van der Waals surface area (Å²) in [7, 11) is 0. The highest BCUT2D eigenvalue weighted by Gasteiger charge is 2.04. The van der Waals surface area contributed by atoms with E-state index < -0.39 is 11.9 Å². The fourth-order valence-electron chi connectivity index (χ4n) is 0.547. The van der Waals surface area contributed by atoms with E-state index in [4.69, 9.17) is 5.11 Å². The molecule has 0 aliphatic rings. The SMILES string of the molecule is C=C(C)C(=O)OC=C(C)C(=O)O.C=C(C)C(=O)OCC. The van der Waals surface area contributed by atoms with Crippen LogP contribution in [0.4, 0.5) is 0 Å². The van der Waals surface area contributed by atoms with Crippen molar-refractivity contribution in [2.75, 3.05) is 6.61 Å². The zero-order valence-electron chi connectivity index (χ0n) is 12.2. The Balaban J connectivity index is 0. The Labute approximate surface area is 118 Å². The zero-order valence-corrected chi connectivity index (χ0v) is 12.2. The molecule has 1 N–H and O–H groups in total. The summed E-state index contributed by atoms with van der Waals surface area (Å²) in [6.07, 6.45) is 0.888. The molecule has 6 nitrogen and oxygen atoms in total. The van der Waals surface area contributed by atoms with Crippen molar-refractivity contribution in [3.05, 3.63) is 36.1 Å². The highest BCUT2D eigenvalue weighted by Crippen LogP contribution is 1.97. The summed E-state index contributed by atoms with van der Waals surface area (Å²) < 4.78 is 9.01. The topological polar surface area (TPSA) is 89.9 Å². The third-order valence-corrected chi connectivity index (χ3v) is 1.65. The maximum absolute atomic E-state index is 10.7. The standard InChI is InChI=1S/C8H10O4.C6H10O2/c1-5(2)8(11)12-4-6(3)7(9)10;1-4-8-6(7)5(2)3/h4H,1H2,2-3H3,(H,9,10);2,4H2,1,3H3. The Morgan fingerprint density at radius 2 is 1.50 bits per heavy atom. The number of rotatable bonds is 5. The molecule has 0 aromatic heterocycles. The molecule has 0 aromatic rings. The summed E-state index contributed by atoms with van der Waals surface area (Å²) in [5.74, 6) is -2.06. The van der Waals surface area contributed by atoms with Gasteiger partial charge in [-0.15, -0.1) is 0 Å². The van der Waals surface area contributed by atoms with Gasteiger partial charge in [0.1, 0.15) is 6.26 Å². The molecule has 0 aliphatic heterocycles. The largest absolute Gasteiger partial charge is 0.478 e. The van der Waals surface area contributed by atoms with Crippen molar-refractivity contribution in [1.29, 1.82) is 0 Å². The lowest BCUT2D eigenvalue weighted by Crippen LogP contribution is -2.03. The smallest absolute Gasteiger partial charge is 0.337 e. The van der Waals surface area contributed by atoms with Crippen LogP contribution in [0.1, 0.15) is 27.7 Å². The average molecular weight is 284 g/mol. The van der Waals surface area contributed by atoms with Gasteiger partial charge in [-0.1, -0.05) is 13.2 Å². The lowest BCUT2D eigenvalue weighted by Gasteiger charge is -1.97. The normalized spacial score (nSPS) is 9.70. The number of ether oxygens (including phenoxy) is 2. The molecular weight excluding hydrogens is 264 g/mol. The fraction of sp³-hybridized carbons (Fsp3) is 0.357. The second-order valence-electron chi connectivity index (χ2n) is 3.79. The molecule has 112 valence electrons. The summed E-state index contributed by atoms with van der Waals surface area (Å²) in [5.41, 5.74) is 0.640. The minimum atomic E-state index is -1.12. The minimum Gasteiger partial charge on any atom is -0.478 e. The van der Waals surface area contributed by atoms with Gasteiger partial charge in [-0.25, -0.2) is 14.4 Å². The van der Waals surface area contributed by atoms with Crippen LogP contribution < -0.4 is 0 Å². The molecule has 0 radical (unpaired) electrons. The lowest BCUT2D eigenvalue weighted by atomic mass is 10.3. The van der Waals surface area contributed by atoms with Crippen LogP contribution in [0, 0.1) is 0 Å². The number of carbonyl (C=O) groups excluding carboxylic acids is 2. The molecule has 0 unspecified atom stereocenters. The Morgan fingerprint density at radius 1 is 1.05 bits per heavy atom. The van der Waals surface area contributed by atoms with Gasteiger partial charge in [0.15, 0.2) is 0 Å². The van der Waals surface area contributed by atoms with Crippen LogP contribution in [0.25, 0.3) is 0 Å². The molecular formula is C14H20O6. The molecule has 6 heteroatoms. The number of hydrogen-bond donors (Lipinski definition) is 1. The Bertz CT molecular complexity index is 431. The number of carboxylic acid groups (broad SMARTS) is 1. The molecule has 0 amide bonds. The first-order chi connectivity index (χ1) is 9.13. The molecule has 0 heterocycles. The Morgan fingerprint density at radius 3 is 1.75 bits per heavy atom. The molecule has 0 spiro atoms. The third-order valence-electron chi connectivity index (χ3n) is 1.65. The van der Waals surface area contributed by atoms with Gasteiger partial charge >= 0.3 is 17.9 Å². The van der Waals surface area contributed by atoms with Crippen LogP contribution in [-0.2, 0) is 23.9 Å². The maximum Gasteiger partial charge on any atom is 0.337 e. The summed E-state index contributed by atoms with van der Waals surface area (Å²) in [5, 5.41) is 8.35. The van der Waals surface area contributed by atoms with Crippen LogP contribution in [-0.4, -0.2) is 29.6 Å². The monoisotopic (exact) mass is 284 g/mol. The van der Waals surface area contributed by atoms with Crippen LogP contribution in [0.3, 0.4) is 0 Å². The first kappa shape index (κ1) is 20.0. The van der Waals surface area contributed by atoms with Crippen LogP contribution >= 0.6 is 0 Å². The quantitative estimate of drug-likeness (QED) is 0.473. The van der Waals surface area contributed by atoms with Crippen molar-refractivity contribution in [3.63, 3.8) is 0 Å². The molecule has 0 atom stereocenters. The van der Waals surface area contributed by atoms with E-state index in [9.17, 15) is 14.4 Å². The summed E-state index contributed by atoms with van der Waals surface area (Å²) >= 11 is 0. The van der Waals surface area contributed by atoms with Gasteiger partial charge in [0.05, 0.1) is 12.2 Å². The van der Waals surface area contributed by atoms with Gasteiger partial charge in [-0.2, -0.15) is 0 Å². The van der Waals surface area contributed by atoms with E-state index in [2.05, 4.69) is 22.6 Å². The number of esters is 2. The predicted molar refractivity (Wildman–Crippen MR) is 73.7 cm³/mol. The molecule has 0 fully saturated rings. The predicted octanol–water partition coefficient (Wildman–Crippen LogP) is 2.22. The van der Waals surface area contributed by atoms with E-state index in [1.54, 1.807) is 13.8 Å². The number of carbonyl (C=O) groups is 3. The Hall–Kier alpha value is -2.37. The van der Waals surface area contributed by atoms with Crippen molar-refractivity contribution < 1.29 is 29.0 Å². The van der Waals surface area contributed by atoms with E-state index in [1.807, 2.05) is 0 Å². The van der Waals surface area contributed by atoms with Gasteiger partial charge < -0.3 is 14.6 Å². The molecule has 0 aromatic carbocycles. The van der Waals surface area contributed by atoms with E-state index in [-0.39, 0.29) is 17.1 Å². The minimum absolute atomic E-state index is 0.0374. The number of aliphatic carboxylic acids is 1. The van der Waals surface area contributed by atoms with E-state index >= 15 is 0 Å². The second kappa shape index (κ2) is 10.5. The van der Waals surface area contributed by atoms with E-state index in [1.165, 1.54) is 13.8 Å². The molecule has 0 rings (SSSR count). The first-order valence-corrected chi connectivity index (χ1v) is 5.72. The van der Waals surface area contributed by atoms with E-state index in [0.717, 1.165) is 6.26 Å². The van der Waals surface area contributed by atoms with Crippen LogP contribution in [0.5, 0.6) is 0 Å². The molecule has 0 saturated heterocycles. The van der Waals surface area contributed by atoms with Gasteiger partial charge in [-0.05, 0) is 27.7 Å². The molecule has 0 bridgehead atoms. The molecule has 0 aliphatic carbocycles. The van der Waals surface area contributed by atoms with Crippen LogP contribution in [0.2, 0.25) is 0 Å². The zero-order chi connectivity index (χ0) is 16.3. The maximum atomic E-state index is 10.7. The van der Waals surface area contributed by atoms with Crippen molar-refractivity contribution >= 4 is 17.9 Å². The fourth-order valence-corrected chi connectivity index (χ4v) is 0.547. The van der Waals surface area contributed by atoms with Gasteiger partial charge in [0.25, 0.3) is 0 Å². The van der Waals surface area contributed by atoms with Crippen LogP contribution in [0.15, 0.2) is 36.1 Å². The summed E-state index contributed by atoms with van der Waals surface area (Å²) in [6.45, 7) is 13.3. The first-order valence-electron chi connectivity index (χ1n) is 5.72.